The maximum absolute atomic E-state index is 12.3. The van der Waals surface area contributed by atoms with Gasteiger partial charge in [-0.25, -0.2) is 9.59 Å². The summed E-state index contributed by atoms with van der Waals surface area (Å²) in [4.78, 5) is 27.3. The number of likely N-dealkylation sites (N-methyl/N-ethyl adjacent to an activating group) is 1. The van der Waals surface area contributed by atoms with Gasteiger partial charge in [0.1, 0.15) is 5.54 Å². The maximum Gasteiger partial charge on any atom is 0.329 e. The number of hydrogen-bond donors (Lipinski definition) is 2. The standard InChI is InChI=1S/C14H29N3O3/c1-6-8-14(3,12(18)19)15-13(20)17(9-7-2)11-10-16(4)5/h6-11H2,1-5H3,(H,15,20)(H,18,19). The van der Waals surface area contributed by atoms with Crippen molar-refractivity contribution in [3.05, 3.63) is 0 Å². The third-order valence-electron chi connectivity index (χ3n) is 3.20. The van der Waals surface area contributed by atoms with Gasteiger partial charge < -0.3 is 20.2 Å². The highest BCUT2D eigenvalue weighted by Gasteiger charge is 2.35. The van der Waals surface area contributed by atoms with Crippen LogP contribution in [0.4, 0.5) is 4.79 Å². The first kappa shape index (κ1) is 18.7. The Morgan fingerprint density at radius 2 is 1.70 bits per heavy atom. The summed E-state index contributed by atoms with van der Waals surface area (Å²) in [5.41, 5.74) is -1.20. The Bertz CT molecular complexity index is 321. The molecule has 0 aliphatic heterocycles. The molecule has 0 saturated carbocycles. The van der Waals surface area contributed by atoms with Crippen molar-refractivity contribution in [2.24, 2.45) is 0 Å². The number of rotatable bonds is 9. The van der Waals surface area contributed by atoms with E-state index in [0.29, 0.717) is 25.9 Å². The van der Waals surface area contributed by atoms with E-state index in [2.05, 4.69) is 5.32 Å². The van der Waals surface area contributed by atoms with E-state index >= 15 is 0 Å². The number of aliphatic carboxylic acids is 1. The van der Waals surface area contributed by atoms with Crippen LogP contribution in [0.3, 0.4) is 0 Å². The highest BCUT2D eigenvalue weighted by Crippen LogP contribution is 2.13. The molecular formula is C14H29N3O3. The number of urea groups is 1. The van der Waals surface area contributed by atoms with Crippen LogP contribution >= 0.6 is 0 Å². The van der Waals surface area contributed by atoms with E-state index in [4.69, 9.17) is 0 Å². The predicted molar refractivity (Wildman–Crippen MR) is 79.9 cm³/mol. The first-order valence-electron chi connectivity index (χ1n) is 7.22. The Hall–Kier alpha value is -1.30. The second-order valence-corrected chi connectivity index (χ2v) is 5.61. The van der Waals surface area contributed by atoms with Crippen LogP contribution in [0.1, 0.15) is 40.0 Å². The van der Waals surface area contributed by atoms with Gasteiger partial charge in [-0.2, -0.15) is 0 Å². The van der Waals surface area contributed by atoms with Crippen molar-refractivity contribution < 1.29 is 14.7 Å². The van der Waals surface area contributed by atoms with E-state index in [1.165, 1.54) is 0 Å². The molecule has 2 amide bonds. The highest BCUT2D eigenvalue weighted by atomic mass is 16.4. The van der Waals surface area contributed by atoms with Gasteiger partial charge in [0.25, 0.3) is 0 Å². The molecule has 0 aromatic rings. The number of carboxylic acid groups (broad SMARTS) is 1. The fraction of sp³-hybridized carbons (Fsp3) is 0.857. The largest absolute Gasteiger partial charge is 0.480 e. The van der Waals surface area contributed by atoms with Crippen LogP contribution in [-0.2, 0) is 4.79 Å². The average molecular weight is 287 g/mol. The summed E-state index contributed by atoms with van der Waals surface area (Å²) in [6.45, 7) is 7.44. The van der Waals surface area contributed by atoms with Crippen LogP contribution < -0.4 is 5.32 Å². The molecule has 0 radical (unpaired) electrons. The lowest BCUT2D eigenvalue weighted by molar-refractivity contribution is -0.144. The molecule has 0 bridgehead atoms. The third kappa shape index (κ3) is 6.23. The zero-order chi connectivity index (χ0) is 15.8. The number of nitrogens with zero attached hydrogens (tertiary/aromatic N) is 2. The second-order valence-electron chi connectivity index (χ2n) is 5.61. The molecule has 1 atom stereocenters. The van der Waals surface area contributed by atoms with Crippen LogP contribution in [0.15, 0.2) is 0 Å². The topological polar surface area (TPSA) is 72.9 Å². The van der Waals surface area contributed by atoms with Crippen LogP contribution in [0, 0.1) is 0 Å². The van der Waals surface area contributed by atoms with Crippen molar-refractivity contribution in [2.75, 3.05) is 33.7 Å². The lowest BCUT2D eigenvalue weighted by Gasteiger charge is -2.31. The summed E-state index contributed by atoms with van der Waals surface area (Å²) in [6.07, 6.45) is 1.97. The quantitative estimate of drug-likeness (QED) is 0.676. The predicted octanol–water partition coefficient (Wildman–Crippen LogP) is 1.61. The van der Waals surface area contributed by atoms with Gasteiger partial charge in [-0.1, -0.05) is 20.3 Å². The number of carbonyl (C=O) groups excluding carboxylic acids is 1. The van der Waals surface area contributed by atoms with Crippen molar-refractivity contribution in [2.45, 2.75) is 45.6 Å². The number of nitrogens with one attached hydrogen (secondary N) is 1. The van der Waals surface area contributed by atoms with E-state index in [1.54, 1.807) is 11.8 Å². The Labute approximate surface area is 122 Å². The molecule has 2 N–H and O–H groups in total. The number of carboxylic acids is 1. The van der Waals surface area contributed by atoms with E-state index in [9.17, 15) is 14.7 Å². The van der Waals surface area contributed by atoms with Gasteiger partial charge in [0, 0.05) is 19.6 Å². The van der Waals surface area contributed by atoms with Gasteiger partial charge >= 0.3 is 12.0 Å². The lowest BCUT2D eigenvalue weighted by atomic mass is 9.96. The minimum absolute atomic E-state index is 0.299. The lowest BCUT2D eigenvalue weighted by Crippen LogP contribution is -2.56. The number of amides is 2. The average Bonchev–Trinajstić information content (AvgIpc) is 2.34. The first-order valence-corrected chi connectivity index (χ1v) is 7.22. The zero-order valence-corrected chi connectivity index (χ0v) is 13.4. The van der Waals surface area contributed by atoms with Crippen LogP contribution in [-0.4, -0.2) is 66.2 Å². The van der Waals surface area contributed by atoms with Gasteiger partial charge in [-0.3, -0.25) is 0 Å². The second kappa shape index (κ2) is 8.79. The molecule has 0 rings (SSSR count). The fourth-order valence-corrected chi connectivity index (χ4v) is 1.94. The molecule has 118 valence electrons. The van der Waals surface area contributed by atoms with Crippen LogP contribution in [0.5, 0.6) is 0 Å². The molecule has 0 aromatic carbocycles. The molecule has 0 heterocycles. The maximum atomic E-state index is 12.3. The Morgan fingerprint density at radius 1 is 1.10 bits per heavy atom. The van der Waals surface area contributed by atoms with Gasteiger partial charge in [-0.15, -0.1) is 0 Å². The molecule has 0 fully saturated rings. The summed E-state index contributed by atoms with van der Waals surface area (Å²) in [7, 11) is 3.89. The first-order chi connectivity index (χ1) is 9.26. The van der Waals surface area contributed by atoms with E-state index in [0.717, 1.165) is 13.0 Å². The van der Waals surface area contributed by atoms with Crippen molar-refractivity contribution in [1.29, 1.82) is 0 Å². The molecule has 1 unspecified atom stereocenters. The van der Waals surface area contributed by atoms with Gasteiger partial charge in [0.05, 0.1) is 0 Å². The Balaban J connectivity index is 4.74. The van der Waals surface area contributed by atoms with Crippen LogP contribution in [0.25, 0.3) is 0 Å². The van der Waals surface area contributed by atoms with E-state index in [1.807, 2.05) is 32.8 Å². The number of hydrogen-bond acceptors (Lipinski definition) is 3. The summed E-state index contributed by atoms with van der Waals surface area (Å²) >= 11 is 0. The summed E-state index contributed by atoms with van der Waals surface area (Å²) in [6, 6.07) is -0.299. The number of carbonyl (C=O) groups is 2. The van der Waals surface area contributed by atoms with Crippen molar-refractivity contribution in [3.8, 4) is 0 Å². The monoisotopic (exact) mass is 287 g/mol. The molecule has 6 heteroatoms. The summed E-state index contributed by atoms with van der Waals surface area (Å²) < 4.78 is 0. The molecule has 0 aliphatic rings. The van der Waals surface area contributed by atoms with Crippen molar-refractivity contribution >= 4 is 12.0 Å². The van der Waals surface area contributed by atoms with Crippen molar-refractivity contribution in [3.63, 3.8) is 0 Å². The molecule has 6 nitrogen and oxygen atoms in total. The fourth-order valence-electron chi connectivity index (χ4n) is 1.94. The zero-order valence-electron chi connectivity index (χ0n) is 13.4. The molecule has 20 heavy (non-hydrogen) atoms. The minimum Gasteiger partial charge on any atom is -0.480 e. The Morgan fingerprint density at radius 3 is 2.10 bits per heavy atom. The van der Waals surface area contributed by atoms with Crippen LogP contribution in [0.2, 0.25) is 0 Å². The minimum atomic E-state index is -1.20. The van der Waals surface area contributed by atoms with E-state index < -0.39 is 11.5 Å². The SMILES string of the molecule is CCCN(CCN(C)C)C(=O)NC(C)(CCC)C(=O)O. The molecule has 0 spiro atoms. The van der Waals surface area contributed by atoms with E-state index in [-0.39, 0.29) is 6.03 Å². The molecule has 0 aromatic heterocycles. The normalized spacial score (nSPS) is 13.9. The molecule has 0 aliphatic carbocycles. The molecule has 0 saturated heterocycles. The van der Waals surface area contributed by atoms with Crippen molar-refractivity contribution in [1.82, 2.24) is 15.1 Å². The summed E-state index contributed by atoms with van der Waals surface area (Å²) in [5.74, 6) is -0.989. The summed E-state index contributed by atoms with van der Waals surface area (Å²) in [5, 5.41) is 12.0. The third-order valence-corrected chi connectivity index (χ3v) is 3.20. The Kier molecular flexibility index (Phi) is 8.22. The van der Waals surface area contributed by atoms with Gasteiger partial charge in [0.2, 0.25) is 0 Å². The molecular weight excluding hydrogens is 258 g/mol. The highest BCUT2D eigenvalue weighted by molar-refractivity contribution is 5.85. The van der Waals surface area contributed by atoms with Gasteiger partial charge in [-0.05, 0) is 33.9 Å². The smallest absolute Gasteiger partial charge is 0.329 e. The van der Waals surface area contributed by atoms with Gasteiger partial charge in [0.15, 0.2) is 0 Å².